The Morgan fingerprint density at radius 2 is 2.08 bits per heavy atom. The van der Waals surface area contributed by atoms with Gasteiger partial charge in [-0.15, -0.1) is 12.8 Å². The standard InChI is InChI=1S/C19H27N3O.C2H2/c1-4-8-16(5-2)18-13-17(14(3)21-22-18)19(23)20-12-11-15-9-6-7-10-15;1-2/h4-5,8,13,15,21H,3,6-7,9-12H2,1-2H3,(H,20,23);1-2H/b8-4-,16-5+;. The summed E-state index contributed by atoms with van der Waals surface area (Å²) in [7, 11) is 0. The van der Waals surface area contributed by atoms with E-state index in [2.05, 4.69) is 35.3 Å². The van der Waals surface area contributed by atoms with Crippen LogP contribution in [-0.2, 0) is 4.79 Å². The summed E-state index contributed by atoms with van der Waals surface area (Å²) < 4.78 is 0. The molecular formula is C21H29N3O. The summed E-state index contributed by atoms with van der Waals surface area (Å²) >= 11 is 0. The average molecular weight is 339 g/mol. The van der Waals surface area contributed by atoms with E-state index in [4.69, 9.17) is 0 Å². The normalized spacial score (nSPS) is 18.1. The van der Waals surface area contributed by atoms with Gasteiger partial charge in [0, 0.05) is 6.54 Å². The number of carbonyl (C=O) groups excluding carboxylic acids is 1. The molecule has 0 atom stereocenters. The Morgan fingerprint density at radius 1 is 1.40 bits per heavy atom. The molecule has 25 heavy (non-hydrogen) atoms. The molecule has 1 amide bonds. The molecule has 1 saturated carbocycles. The largest absolute Gasteiger partial charge is 0.352 e. The molecule has 0 spiro atoms. The van der Waals surface area contributed by atoms with Crippen molar-refractivity contribution >= 4 is 11.6 Å². The molecule has 2 N–H and O–H groups in total. The van der Waals surface area contributed by atoms with E-state index in [1.165, 1.54) is 25.7 Å². The number of rotatable bonds is 6. The van der Waals surface area contributed by atoms with Crippen molar-refractivity contribution in [2.45, 2.75) is 46.0 Å². The topological polar surface area (TPSA) is 53.5 Å². The summed E-state index contributed by atoms with van der Waals surface area (Å²) in [6, 6.07) is 0. The van der Waals surface area contributed by atoms with Gasteiger partial charge in [0.2, 0.25) is 0 Å². The van der Waals surface area contributed by atoms with Crippen molar-refractivity contribution in [3.63, 3.8) is 0 Å². The predicted molar refractivity (Wildman–Crippen MR) is 106 cm³/mol. The molecular weight excluding hydrogens is 310 g/mol. The number of nitrogens with zero attached hydrogens (tertiary/aromatic N) is 1. The third-order valence-electron chi connectivity index (χ3n) is 4.43. The molecule has 0 radical (unpaired) electrons. The minimum atomic E-state index is -0.0798. The Hall–Kier alpha value is -2.54. The van der Waals surface area contributed by atoms with Gasteiger partial charge in [0.25, 0.3) is 5.91 Å². The van der Waals surface area contributed by atoms with Gasteiger partial charge >= 0.3 is 0 Å². The lowest BCUT2D eigenvalue weighted by molar-refractivity contribution is -0.117. The van der Waals surface area contributed by atoms with Crippen LogP contribution >= 0.6 is 0 Å². The smallest absolute Gasteiger partial charge is 0.253 e. The third kappa shape index (κ3) is 6.11. The summed E-state index contributed by atoms with van der Waals surface area (Å²) in [5, 5.41) is 7.29. The van der Waals surface area contributed by atoms with Crippen molar-refractivity contribution in [2.24, 2.45) is 11.0 Å². The van der Waals surface area contributed by atoms with E-state index in [-0.39, 0.29) is 5.91 Å². The fourth-order valence-electron chi connectivity index (χ4n) is 3.09. The fourth-order valence-corrected chi connectivity index (χ4v) is 3.09. The molecule has 134 valence electrons. The minimum absolute atomic E-state index is 0.0798. The van der Waals surface area contributed by atoms with Gasteiger partial charge < -0.3 is 5.32 Å². The summed E-state index contributed by atoms with van der Waals surface area (Å²) in [4.78, 5) is 12.4. The van der Waals surface area contributed by atoms with E-state index in [0.29, 0.717) is 11.3 Å². The van der Waals surface area contributed by atoms with Gasteiger partial charge in [-0.3, -0.25) is 10.2 Å². The number of terminal acetylenes is 1. The lowest BCUT2D eigenvalue weighted by Crippen LogP contribution is -2.32. The maximum absolute atomic E-state index is 12.4. The van der Waals surface area contributed by atoms with Gasteiger partial charge in [0.1, 0.15) is 0 Å². The van der Waals surface area contributed by atoms with Crippen molar-refractivity contribution < 1.29 is 4.79 Å². The summed E-state index contributed by atoms with van der Waals surface area (Å²) in [6.45, 7) is 8.52. The first-order valence-corrected chi connectivity index (χ1v) is 8.81. The van der Waals surface area contributed by atoms with E-state index >= 15 is 0 Å². The maximum Gasteiger partial charge on any atom is 0.253 e. The number of hydrogen-bond donors (Lipinski definition) is 2. The molecule has 0 aromatic heterocycles. The molecule has 1 aliphatic carbocycles. The van der Waals surface area contributed by atoms with E-state index in [1.807, 2.05) is 32.1 Å². The molecule has 1 aliphatic heterocycles. The highest BCUT2D eigenvalue weighted by Gasteiger charge is 2.19. The van der Waals surface area contributed by atoms with Gasteiger partial charge in [-0.25, -0.2) is 0 Å². The molecule has 1 heterocycles. The van der Waals surface area contributed by atoms with Crippen molar-refractivity contribution in [1.29, 1.82) is 0 Å². The molecule has 1 fully saturated rings. The quantitative estimate of drug-likeness (QED) is 0.570. The van der Waals surface area contributed by atoms with Crippen LogP contribution in [0.4, 0.5) is 0 Å². The van der Waals surface area contributed by atoms with E-state index in [1.54, 1.807) is 6.08 Å². The average Bonchev–Trinajstić information content (AvgIpc) is 3.15. The molecule has 0 aromatic carbocycles. The van der Waals surface area contributed by atoms with Crippen LogP contribution in [0.5, 0.6) is 0 Å². The molecule has 4 heteroatoms. The van der Waals surface area contributed by atoms with Crippen LogP contribution < -0.4 is 10.7 Å². The number of nitrogens with one attached hydrogen (secondary N) is 2. The van der Waals surface area contributed by atoms with Crippen LogP contribution in [0.1, 0.15) is 46.0 Å². The number of hydrazone groups is 1. The third-order valence-corrected chi connectivity index (χ3v) is 4.43. The molecule has 2 rings (SSSR count). The molecule has 0 saturated heterocycles. The minimum Gasteiger partial charge on any atom is -0.352 e. The first-order valence-electron chi connectivity index (χ1n) is 8.81. The van der Waals surface area contributed by atoms with Gasteiger partial charge in [-0.2, -0.15) is 5.10 Å². The van der Waals surface area contributed by atoms with Gasteiger partial charge in [0.05, 0.1) is 17.0 Å². The fraction of sp³-hybridized carbons (Fsp3) is 0.429. The van der Waals surface area contributed by atoms with Gasteiger partial charge in [-0.1, -0.05) is 50.5 Å². The zero-order valence-electron chi connectivity index (χ0n) is 15.3. The Bertz CT molecular complexity index is 614. The second kappa shape index (κ2) is 11.1. The number of allylic oxidation sites excluding steroid dienone is 5. The molecule has 4 nitrogen and oxygen atoms in total. The Labute approximate surface area is 151 Å². The van der Waals surface area contributed by atoms with E-state index < -0.39 is 0 Å². The SMILES string of the molecule is C#C.C=C1NN=C(C(/C=C\C)=C/C)C=C1C(=O)NCCC1CCCC1. The second-order valence-electron chi connectivity index (χ2n) is 6.08. The molecule has 0 aromatic rings. The monoisotopic (exact) mass is 339 g/mol. The van der Waals surface area contributed by atoms with Crippen LogP contribution in [-0.4, -0.2) is 18.2 Å². The van der Waals surface area contributed by atoms with Crippen molar-refractivity contribution in [3.05, 3.63) is 47.7 Å². The molecule has 2 aliphatic rings. The van der Waals surface area contributed by atoms with Crippen LogP contribution in [0.2, 0.25) is 0 Å². The first-order chi connectivity index (χ1) is 12.2. The second-order valence-corrected chi connectivity index (χ2v) is 6.08. The highest BCUT2D eigenvalue weighted by atomic mass is 16.1. The highest BCUT2D eigenvalue weighted by molar-refractivity contribution is 6.15. The van der Waals surface area contributed by atoms with Crippen molar-refractivity contribution in [1.82, 2.24) is 10.7 Å². The summed E-state index contributed by atoms with van der Waals surface area (Å²) in [5.74, 6) is 0.697. The van der Waals surface area contributed by atoms with E-state index in [0.717, 1.165) is 30.2 Å². The van der Waals surface area contributed by atoms with Crippen LogP contribution in [0.3, 0.4) is 0 Å². The highest BCUT2D eigenvalue weighted by Crippen LogP contribution is 2.27. The number of carbonyl (C=O) groups is 1. The predicted octanol–water partition coefficient (Wildman–Crippen LogP) is 3.85. The molecule has 0 unspecified atom stereocenters. The lowest BCUT2D eigenvalue weighted by atomic mass is 10.0. The Kier molecular flexibility index (Phi) is 9.10. The van der Waals surface area contributed by atoms with Crippen LogP contribution in [0.25, 0.3) is 0 Å². The summed E-state index contributed by atoms with van der Waals surface area (Å²) in [5.41, 5.74) is 5.69. The zero-order valence-corrected chi connectivity index (χ0v) is 15.3. The lowest BCUT2D eigenvalue weighted by Gasteiger charge is -2.17. The van der Waals surface area contributed by atoms with Crippen LogP contribution in [0, 0.1) is 18.8 Å². The zero-order chi connectivity index (χ0) is 18.7. The molecule has 0 bridgehead atoms. The Balaban J connectivity index is 0.00000151. The first kappa shape index (κ1) is 20.5. The summed E-state index contributed by atoms with van der Waals surface area (Å²) in [6.07, 6.45) is 22.0. The van der Waals surface area contributed by atoms with Crippen molar-refractivity contribution in [3.8, 4) is 12.8 Å². The number of amides is 1. The van der Waals surface area contributed by atoms with Gasteiger partial charge in [-0.05, 0) is 37.8 Å². The van der Waals surface area contributed by atoms with Gasteiger partial charge in [0.15, 0.2) is 0 Å². The van der Waals surface area contributed by atoms with E-state index in [9.17, 15) is 4.79 Å². The number of hydrogen-bond acceptors (Lipinski definition) is 3. The maximum atomic E-state index is 12.4. The van der Waals surface area contributed by atoms with Crippen molar-refractivity contribution in [2.75, 3.05) is 6.54 Å². The Morgan fingerprint density at radius 3 is 2.68 bits per heavy atom. The van der Waals surface area contributed by atoms with Crippen LogP contribution in [0.15, 0.2) is 52.8 Å².